The highest BCUT2D eigenvalue weighted by Gasteiger charge is 2.51. The summed E-state index contributed by atoms with van der Waals surface area (Å²) >= 11 is 0. The van der Waals surface area contributed by atoms with Gasteiger partial charge in [-0.15, -0.1) is 0 Å². The Morgan fingerprint density at radius 2 is 1.45 bits per heavy atom. The average Bonchev–Trinajstić information content (AvgIpc) is 3.53. The molecule has 3 saturated heterocycles. The van der Waals surface area contributed by atoms with E-state index in [4.69, 9.17) is 18.9 Å². The van der Waals surface area contributed by atoms with Gasteiger partial charge in [0.1, 0.15) is 0 Å². The van der Waals surface area contributed by atoms with Crippen LogP contribution in [0.1, 0.15) is 92.9 Å². The van der Waals surface area contributed by atoms with Crippen molar-refractivity contribution in [3.8, 4) is 0 Å². The summed E-state index contributed by atoms with van der Waals surface area (Å²) in [5, 5.41) is 16.1. The number of carbonyl (C=O) groups is 1. The van der Waals surface area contributed by atoms with Crippen LogP contribution in [0.5, 0.6) is 0 Å². The average molecular weight is 646 g/mol. The number of nitrogens with zero attached hydrogens (tertiary/aromatic N) is 1. The summed E-state index contributed by atoms with van der Waals surface area (Å²) in [5.74, 6) is 2.12. The van der Waals surface area contributed by atoms with Gasteiger partial charge in [-0.3, -0.25) is 0 Å². The Bertz CT molecular complexity index is 1350. The molecule has 9 rings (SSSR count). The largest absolute Gasteiger partial charge is 0.392 e. The highest BCUT2D eigenvalue weighted by atomic mass is 16.7. The lowest BCUT2D eigenvalue weighted by molar-refractivity contribution is -0.278. The molecule has 3 aliphatic heterocycles. The Balaban J connectivity index is 0.917. The van der Waals surface area contributed by atoms with Crippen LogP contribution in [-0.2, 0) is 32.1 Å². The van der Waals surface area contributed by atoms with Crippen LogP contribution < -0.4 is 10.6 Å². The zero-order valence-corrected chi connectivity index (χ0v) is 27.7. The maximum atomic E-state index is 13.0. The predicted molar refractivity (Wildman–Crippen MR) is 176 cm³/mol. The van der Waals surface area contributed by atoms with Crippen molar-refractivity contribution < 1.29 is 28.8 Å². The molecule has 47 heavy (non-hydrogen) atoms. The van der Waals surface area contributed by atoms with Crippen molar-refractivity contribution in [1.82, 2.24) is 15.5 Å². The fraction of sp³-hybridized carbons (Fsp3) is 0.658. The summed E-state index contributed by atoms with van der Waals surface area (Å²) in [5.41, 5.74) is 3.99. The Morgan fingerprint density at radius 1 is 0.851 bits per heavy atom. The first-order valence-corrected chi connectivity index (χ1v) is 18.0. The lowest BCUT2D eigenvalue weighted by Crippen LogP contribution is -2.61. The summed E-state index contributed by atoms with van der Waals surface area (Å²) in [6.45, 7) is 6.70. The molecule has 4 atom stereocenters. The molecule has 3 heterocycles. The number of amides is 2. The molecule has 254 valence electrons. The number of urea groups is 1. The second kappa shape index (κ2) is 13.1. The Morgan fingerprint density at radius 3 is 2.06 bits per heavy atom. The van der Waals surface area contributed by atoms with E-state index in [-0.39, 0.29) is 36.3 Å². The van der Waals surface area contributed by atoms with Gasteiger partial charge in [-0.05, 0) is 73.0 Å². The molecule has 2 aromatic rings. The standard InChI is InChI=1S/C38H51N3O6/c1-25-33(23-41-12-10-38(11-13-41)44-14-15-45-38)46-35(47-34(25)31-6-4-27(24-42)5-7-31)32-8-2-26(3-9-32)22-39-36(43)40-37-19-28-16-29(20-37)18-30(17-28)21-37/h2-9,25,28-30,33-35,42H,10-24H2,1H3,(H2,39,40,43). The topological polar surface area (TPSA) is 102 Å². The van der Waals surface area contributed by atoms with E-state index >= 15 is 0 Å². The quantitative estimate of drug-likeness (QED) is 0.345. The normalized spacial score (nSPS) is 36.1. The molecule has 7 fully saturated rings. The maximum Gasteiger partial charge on any atom is 0.315 e. The first kappa shape index (κ1) is 31.7. The van der Waals surface area contributed by atoms with Crippen molar-refractivity contribution in [2.24, 2.45) is 23.7 Å². The summed E-state index contributed by atoms with van der Waals surface area (Å²) in [7, 11) is 0. The van der Waals surface area contributed by atoms with Crippen molar-refractivity contribution in [3.05, 3.63) is 70.8 Å². The number of aliphatic hydroxyl groups is 1. The molecule has 2 amide bonds. The number of aliphatic hydroxyl groups excluding tert-OH is 1. The minimum absolute atomic E-state index is 0.00859. The Labute approximate surface area is 278 Å². The third-order valence-electron chi connectivity index (χ3n) is 12.1. The second-order valence-corrected chi connectivity index (χ2v) is 15.5. The number of carbonyl (C=O) groups excluding carboxylic acids is 1. The van der Waals surface area contributed by atoms with Gasteiger partial charge < -0.3 is 39.6 Å². The molecule has 4 bridgehead atoms. The molecule has 9 nitrogen and oxygen atoms in total. The Hall–Kier alpha value is -2.53. The van der Waals surface area contributed by atoms with E-state index in [1.165, 1.54) is 19.3 Å². The van der Waals surface area contributed by atoms with E-state index in [2.05, 4.69) is 58.9 Å². The van der Waals surface area contributed by atoms with Crippen molar-refractivity contribution in [1.29, 1.82) is 0 Å². The fourth-order valence-corrected chi connectivity index (χ4v) is 9.97. The minimum atomic E-state index is -0.516. The fourth-order valence-electron chi connectivity index (χ4n) is 9.97. The molecule has 2 aromatic carbocycles. The van der Waals surface area contributed by atoms with Gasteiger partial charge in [-0.25, -0.2) is 4.79 Å². The van der Waals surface area contributed by atoms with Crippen molar-refractivity contribution in [2.75, 3.05) is 32.8 Å². The van der Waals surface area contributed by atoms with Gasteiger partial charge in [0.25, 0.3) is 0 Å². The molecular weight excluding hydrogens is 594 g/mol. The summed E-state index contributed by atoms with van der Waals surface area (Å²) < 4.78 is 25.3. The van der Waals surface area contributed by atoms with Crippen molar-refractivity contribution in [3.63, 3.8) is 0 Å². The van der Waals surface area contributed by atoms with Gasteiger partial charge in [-0.2, -0.15) is 0 Å². The zero-order chi connectivity index (χ0) is 32.0. The van der Waals surface area contributed by atoms with E-state index in [1.54, 1.807) is 0 Å². The van der Waals surface area contributed by atoms with Crippen LogP contribution in [0.4, 0.5) is 4.79 Å². The molecule has 1 spiro atoms. The summed E-state index contributed by atoms with van der Waals surface area (Å²) in [6.07, 6.45) is 8.58. The molecule has 3 N–H and O–H groups in total. The van der Waals surface area contributed by atoms with E-state index in [9.17, 15) is 9.90 Å². The molecule has 4 unspecified atom stereocenters. The lowest BCUT2D eigenvalue weighted by Gasteiger charge is -2.56. The van der Waals surface area contributed by atoms with Crippen molar-refractivity contribution >= 4 is 6.03 Å². The number of benzene rings is 2. The van der Waals surface area contributed by atoms with E-state index in [0.29, 0.717) is 19.8 Å². The van der Waals surface area contributed by atoms with Crippen molar-refractivity contribution in [2.45, 2.75) is 101 Å². The number of hydrogen-bond acceptors (Lipinski definition) is 7. The van der Waals surface area contributed by atoms with Crippen LogP contribution >= 0.6 is 0 Å². The number of nitrogens with one attached hydrogen (secondary N) is 2. The number of piperidine rings is 1. The van der Waals surface area contributed by atoms with Crippen LogP contribution in [0.25, 0.3) is 0 Å². The van der Waals surface area contributed by atoms with Crippen LogP contribution in [0.2, 0.25) is 0 Å². The van der Waals surface area contributed by atoms with Gasteiger partial charge in [0, 0.05) is 56.0 Å². The minimum Gasteiger partial charge on any atom is -0.392 e. The van der Waals surface area contributed by atoms with Gasteiger partial charge in [0.05, 0.1) is 32.0 Å². The van der Waals surface area contributed by atoms with E-state index in [1.807, 2.05) is 12.1 Å². The monoisotopic (exact) mass is 645 g/mol. The molecule has 7 aliphatic rings. The molecule has 0 aromatic heterocycles. The smallest absolute Gasteiger partial charge is 0.315 e. The molecule has 0 radical (unpaired) electrons. The van der Waals surface area contributed by atoms with Crippen LogP contribution in [-0.4, -0.2) is 66.3 Å². The predicted octanol–water partition coefficient (Wildman–Crippen LogP) is 5.58. The number of ether oxygens (including phenoxy) is 4. The highest BCUT2D eigenvalue weighted by molar-refractivity contribution is 5.75. The summed E-state index contributed by atoms with van der Waals surface area (Å²) in [6, 6.07) is 16.3. The van der Waals surface area contributed by atoms with Gasteiger partial charge in [0.2, 0.25) is 0 Å². The third-order valence-corrected chi connectivity index (χ3v) is 12.1. The van der Waals surface area contributed by atoms with Gasteiger partial charge in [0.15, 0.2) is 12.1 Å². The first-order valence-electron chi connectivity index (χ1n) is 18.0. The van der Waals surface area contributed by atoms with Crippen LogP contribution in [0.3, 0.4) is 0 Å². The Kier molecular flexibility index (Phi) is 8.82. The van der Waals surface area contributed by atoms with E-state index < -0.39 is 12.1 Å². The van der Waals surface area contributed by atoms with Gasteiger partial charge in [-0.1, -0.05) is 55.5 Å². The molecule has 4 aliphatic carbocycles. The van der Waals surface area contributed by atoms with Crippen LogP contribution in [0.15, 0.2) is 48.5 Å². The second-order valence-electron chi connectivity index (χ2n) is 15.5. The summed E-state index contributed by atoms with van der Waals surface area (Å²) in [4.78, 5) is 15.5. The van der Waals surface area contributed by atoms with E-state index in [0.717, 1.165) is 91.7 Å². The zero-order valence-electron chi connectivity index (χ0n) is 27.7. The number of hydrogen-bond donors (Lipinski definition) is 3. The number of likely N-dealkylation sites (tertiary alicyclic amines) is 1. The first-order chi connectivity index (χ1) is 22.9. The lowest BCUT2D eigenvalue weighted by atomic mass is 9.53. The van der Waals surface area contributed by atoms with Gasteiger partial charge >= 0.3 is 6.03 Å². The molecule has 9 heteroatoms. The highest BCUT2D eigenvalue weighted by Crippen LogP contribution is 2.55. The molecule has 4 saturated carbocycles. The number of rotatable bonds is 8. The SMILES string of the molecule is CC1C(CN2CCC3(CC2)OCCO3)OC(c2ccc(CNC(=O)NC34CC5CC(CC(C5)C3)C4)cc2)OC1c1ccc(CO)cc1. The third kappa shape index (κ3) is 6.72. The molecular formula is C38H51N3O6. The van der Waals surface area contributed by atoms with Crippen LogP contribution in [0, 0.1) is 23.7 Å². The maximum absolute atomic E-state index is 13.0.